The van der Waals surface area contributed by atoms with Crippen molar-refractivity contribution in [3.8, 4) is 0 Å². The second kappa shape index (κ2) is 9.41. The topological polar surface area (TPSA) is 43.9 Å². The molecule has 5 nitrogen and oxygen atoms in total. The first-order valence-corrected chi connectivity index (χ1v) is 9.42. The number of hydrogen-bond acceptors (Lipinski definition) is 3. The highest BCUT2D eigenvalue weighted by atomic mass is 35.5. The summed E-state index contributed by atoms with van der Waals surface area (Å²) in [5.74, 6) is 0.164. The van der Waals surface area contributed by atoms with Crippen LogP contribution in [-0.2, 0) is 16.0 Å². The van der Waals surface area contributed by atoms with Crippen molar-refractivity contribution >= 4 is 35.0 Å². The van der Waals surface area contributed by atoms with E-state index in [4.69, 9.17) is 23.2 Å². The molecular weight excluding hydrogens is 361 g/mol. The minimum atomic E-state index is 0.0183. The minimum absolute atomic E-state index is 0.0183. The van der Waals surface area contributed by atoms with Gasteiger partial charge >= 0.3 is 0 Å². The number of likely N-dealkylation sites (N-methyl/N-ethyl adjacent to an activating group) is 1. The van der Waals surface area contributed by atoms with Crippen molar-refractivity contribution in [2.24, 2.45) is 0 Å². The fourth-order valence-electron chi connectivity index (χ4n) is 2.99. The Bertz CT molecular complexity index is 592. The number of benzene rings is 1. The summed E-state index contributed by atoms with van der Waals surface area (Å²) in [6, 6.07) is 5.25. The molecule has 1 fully saturated rings. The maximum absolute atomic E-state index is 12.5. The van der Waals surface area contributed by atoms with E-state index in [1.807, 2.05) is 23.6 Å². The molecule has 1 aromatic rings. The van der Waals surface area contributed by atoms with Crippen LogP contribution < -0.4 is 0 Å². The second-order valence-electron chi connectivity index (χ2n) is 6.10. The minimum Gasteiger partial charge on any atom is -0.342 e. The Morgan fingerprint density at radius 3 is 2.12 bits per heavy atom. The van der Waals surface area contributed by atoms with Crippen LogP contribution in [0.4, 0.5) is 0 Å². The number of carbonyl (C=O) groups is 2. The Kier molecular flexibility index (Phi) is 7.54. The van der Waals surface area contributed by atoms with Gasteiger partial charge in [-0.1, -0.05) is 29.3 Å². The van der Waals surface area contributed by atoms with Crippen LogP contribution in [0.2, 0.25) is 10.0 Å². The van der Waals surface area contributed by atoms with Crippen molar-refractivity contribution in [3.63, 3.8) is 0 Å². The molecule has 0 aromatic heterocycles. The number of halogens is 2. The average molecular weight is 386 g/mol. The SMILES string of the molecule is CCN(CC)C(=O)CN1CCN(C(=O)Cc2c(Cl)cccc2Cl)CC1. The van der Waals surface area contributed by atoms with E-state index in [9.17, 15) is 9.59 Å². The fourth-order valence-corrected chi connectivity index (χ4v) is 3.52. The van der Waals surface area contributed by atoms with Crippen molar-refractivity contribution in [1.29, 1.82) is 0 Å². The molecule has 1 aliphatic heterocycles. The molecule has 1 heterocycles. The zero-order valence-electron chi connectivity index (χ0n) is 14.8. The van der Waals surface area contributed by atoms with E-state index in [-0.39, 0.29) is 18.2 Å². The molecule has 0 N–H and O–H groups in total. The highest BCUT2D eigenvalue weighted by Crippen LogP contribution is 2.25. The molecule has 0 spiro atoms. The van der Waals surface area contributed by atoms with Crippen LogP contribution in [0.25, 0.3) is 0 Å². The van der Waals surface area contributed by atoms with Crippen molar-refractivity contribution in [3.05, 3.63) is 33.8 Å². The quantitative estimate of drug-likeness (QED) is 0.755. The largest absolute Gasteiger partial charge is 0.342 e. The first kappa shape index (κ1) is 20.0. The highest BCUT2D eigenvalue weighted by molar-refractivity contribution is 6.36. The molecule has 138 valence electrons. The van der Waals surface area contributed by atoms with Gasteiger partial charge in [0, 0.05) is 49.3 Å². The van der Waals surface area contributed by atoms with Gasteiger partial charge in [-0.05, 0) is 31.5 Å². The fraction of sp³-hybridized carbons (Fsp3) is 0.556. The van der Waals surface area contributed by atoms with Crippen molar-refractivity contribution in [2.45, 2.75) is 20.3 Å². The first-order chi connectivity index (χ1) is 12.0. The van der Waals surface area contributed by atoms with E-state index in [0.717, 1.165) is 13.1 Å². The monoisotopic (exact) mass is 385 g/mol. The van der Waals surface area contributed by atoms with E-state index in [1.165, 1.54) is 0 Å². The number of amides is 2. The number of hydrogen-bond donors (Lipinski definition) is 0. The lowest BCUT2D eigenvalue weighted by Crippen LogP contribution is -2.51. The molecule has 0 bridgehead atoms. The molecule has 0 aliphatic carbocycles. The maximum Gasteiger partial charge on any atom is 0.236 e. The van der Waals surface area contributed by atoms with Gasteiger partial charge in [-0.3, -0.25) is 14.5 Å². The molecule has 0 radical (unpaired) electrons. The van der Waals surface area contributed by atoms with Gasteiger partial charge in [0.05, 0.1) is 13.0 Å². The zero-order valence-corrected chi connectivity index (χ0v) is 16.3. The van der Waals surface area contributed by atoms with E-state index < -0.39 is 0 Å². The normalized spacial score (nSPS) is 15.3. The molecule has 0 unspecified atom stereocenters. The summed E-state index contributed by atoms with van der Waals surface area (Å²) in [6.45, 7) is 8.48. The van der Waals surface area contributed by atoms with Gasteiger partial charge in [0.15, 0.2) is 0 Å². The van der Waals surface area contributed by atoms with Gasteiger partial charge in [0.1, 0.15) is 0 Å². The third-order valence-corrected chi connectivity index (χ3v) is 5.30. The number of piperazine rings is 1. The molecule has 2 amide bonds. The maximum atomic E-state index is 12.5. The molecule has 1 aromatic carbocycles. The van der Waals surface area contributed by atoms with Gasteiger partial charge in [-0.15, -0.1) is 0 Å². The van der Waals surface area contributed by atoms with Gasteiger partial charge in [-0.2, -0.15) is 0 Å². The van der Waals surface area contributed by atoms with Crippen LogP contribution in [0.1, 0.15) is 19.4 Å². The predicted octanol–water partition coefficient (Wildman–Crippen LogP) is 2.55. The summed E-state index contributed by atoms with van der Waals surface area (Å²) in [4.78, 5) is 30.4. The third-order valence-electron chi connectivity index (χ3n) is 4.59. The Morgan fingerprint density at radius 2 is 1.60 bits per heavy atom. The van der Waals surface area contributed by atoms with Gasteiger partial charge < -0.3 is 9.80 Å². The summed E-state index contributed by atoms with van der Waals surface area (Å²) >= 11 is 12.3. The highest BCUT2D eigenvalue weighted by Gasteiger charge is 2.24. The molecule has 0 atom stereocenters. The Labute approximate surface area is 159 Å². The standard InChI is InChI=1S/C18H25Cl2N3O2/c1-3-22(4-2)18(25)13-21-8-10-23(11-9-21)17(24)12-14-15(19)6-5-7-16(14)20/h5-7H,3-4,8-13H2,1-2H3. The molecule has 0 saturated carbocycles. The second-order valence-corrected chi connectivity index (χ2v) is 6.91. The lowest BCUT2D eigenvalue weighted by Gasteiger charge is -2.35. The van der Waals surface area contributed by atoms with Crippen molar-refractivity contribution in [2.75, 3.05) is 45.8 Å². The van der Waals surface area contributed by atoms with E-state index in [0.29, 0.717) is 48.3 Å². The van der Waals surface area contributed by atoms with Crippen LogP contribution in [-0.4, -0.2) is 72.3 Å². The Hall–Kier alpha value is -1.30. The number of carbonyl (C=O) groups excluding carboxylic acids is 2. The smallest absolute Gasteiger partial charge is 0.236 e. The van der Waals surface area contributed by atoms with Crippen molar-refractivity contribution in [1.82, 2.24) is 14.7 Å². The summed E-state index contributed by atoms with van der Waals surface area (Å²) < 4.78 is 0. The zero-order chi connectivity index (χ0) is 18.4. The molecule has 1 aliphatic rings. The molecule has 25 heavy (non-hydrogen) atoms. The molecular formula is C18H25Cl2N3O2. The Morgan fingerprint density at radius 1 is 1.04 bits per heavy atom. The first-order valence-electron chi connectivity index (χ1n) is 8.67. The summed E-state index contributed by atoms with van der Waals surface area (Å²) in [6.07, 6.45) is 0.205. The lowest BCUT2D eigenvalue weighted by molar-refractivity contribution is -0.134. The summed E-state index contributed by atoms with van der Waals surface area (Å²) in [5.41, 5.74) is 0.676. The van der Waals surface area contributed by atoms with Gasteiger partial charge in [-0.25, -0.2) is 0 Å². The summed E-state index contributed by atoms with van der Waals surface area (Å²) in [5, 5.41) is 1.04. The predicted molar refractivity (Wildman–Crippen MR) is 101 cm³/mol. The van der Waals surface area contributed by atoms with Crippen LogP contribution in [0.3, 0.4) is 0 Å². The van der Waals surface area contributed by atoms with Gasteiger partial charge in [0.2, 0.25) is 11.8 Å². The van der Waals surface area contributed by atoms with Crippen LogP contribution in [0.15, 0.2) is 18.2 Å². The van der Waals surface area contributed by atoms with Crippen molar-refractivity contribution < 1.29 is 9.59 Å². The number of nitrogens with zero attached hydrogens (tertiary/aromatic N) is 3. The molecule has 1 saturated heterocycles. The lowest BCUT2D eigenvalue weighted by atomic mass is 10.1. The van der Waals surface area contributed by atoms with Crippen LogP contribution in [0.5, 0.6) is 0 Å². The van der Waals surface area contributed by atoms with E-state index in [1.54, 1.807) is 18.2 Å². The van der Waals surface area contributed by atoms with Crippen LogP contribution >= 0.6 is 23.2 Å². The van der Waals surface area contributed by atoms with Crippen LogP contribution in [0, 0.1) is 0 Å². The third kappa shape index (κ3) is 5.33. The average Bonchev–Trinajstić information content (AvgIpc) is 2.60. The van der Waals surface area contributed by atoms with Gasteiger partial charge in [0.25, 0.3) is 0 Å². The summed E-state index contributed by atoms with van der Waals surface area (Å²) in [7, 11) is 0. The number of rotatable bonds is 6. The molecule has 2 rings (SSSR count). The van der Waals surface area contributed by atoms with E-state index in [2.05, 4.69) is 4.90 Å². The molecule has 7 heteroatoms. The Balaban J connectivity index is 1.85. The van der Waals surface area contributed by atoms with E-state index >= 15 is 0 Å².